The van der Waals surface area contributed by atoms with E-state index in [-0.39, 0.29) is 0 Å². The van der Waals surface area contributed by atoms with E-state index in [1.54, 1.807) is 0 Å². The molecule has 0 spiro atoms. The van der Waals surface area contributed by atoms with E-state index in [1.807, 2.05) is 36.4 Å². The fourth-order valence-corrected chi connectivity index (χ4v) is 5.01. The molecule has 0 N–H and O–H groups in total. The summed E-state index contributed by atoms with van der Waals surface area (Å²) in [6.45, 7) is 0.492. The Bertz CT molecular complexity index is 1140. The maximum absolute atomic E-state index is 6.70. The minimum Gasteiger partial charge on any atom is -0.492 e. The van der Waals surface area contributed by atoms with E-state index < -0.39 is 5.41 Å². The molecule has 0 saturated heterocycles. The third kappa shape index (κ3) is 2.70. The first-order chi connectivity index (χ1) is 13.7. The molecule has 138 valence electrons. The van der Waals surface area contributed by atoms with Gasteiger partial charge >= 0.3 is 0 Å². The third-order valence-electron chi connectivity index (χ3n) is 5.73. The zero-order valence-electron chi connectivity index (χ0n) is 15.2. The van der Waals surface area contributed by atoms with Crippen molar-refractivity contribution in [2.24, 2.45) is 0 Å². The van der Waals surface area contributed by atoms with E-state index >= 15 is 0 Å². The van der Waals surface area contributed by atoms with Crippen LogP contribution in [0.25, 0.3) is 10.8 Å². The van der Waals surface area contributed by atoms with Gasteiger partial charge in [-0.1, -0.05) is 89.9 Å². The molecular weight excluding hydrogens is 387 g/mol. The largest absolute Gasteiger partial charge is 0.492 e. The van der Waals surface area contributed by atoms with Gasteiger partial charge in [0.2, 0.25) is 0 Å². The Kier molecular flexibility index (Phi) is 4.30. The molecule has 0 aromatic heterocycles. The first kappa shape index (κ1) is 17.6. The summed E-state index contributed by atoms with van der Waals surface area (Å²) in [6.07, 6.45) is 0.775. The Hall–Kier alpha value is -2.48. The molecule has 0 bridgehead atoms. The summed E-state index contributed by atoms with van der Waals surface area (Å²) in [6, 6.07) is 28.6. The first-order valence-electron chi connectivity index (χ1n) is 9.32. The maximum Gasteiger partial charge on any atom is 0.123 e. The summed E-state index contributed by atoms with van der Waals surface area (Å²) in [5, 5.41) is 3.88. The summed E-state index contributed by atoms with van der Waals surface area (Å²) in [5.41, 5.74) is 2.84. The zero-order valence-corrected chi connectivity index (χ0v) is 16.7. The van der Waals surface area contributed by atoms with Gasteiger partial charge in [-0.25, -0.2) is 0 Å². The first-order valence-corrected chi connectivity index (χ1v) is 10.1. The Labute approximate surface area is 174 Å². The Balaban J connectivity index is 1.80. The van der Waals surface area contributed by atoms with E-state index in [9.17, 15) is 0 Å². The fraction of sp³-hybridized carbons (Fsp3) is 0.120. The molecule has 0 saturated carbocycles. The molecule has 3 heteroatoms. The van der Waals surface area contributed by atoms with Gasteiger partial charge in [0, 0.05) is 15.6 Å². The molecule has 1 aliphatic rings. The van der Waals surface area contributed by atoms with Gasteiger partial charge in [0.05, 0.1) is 5.41 Å². The van der Waals surface area contributed by atoms with Crippen LogP contribution in [0.1, 0.15) is 16.7 Å². The minimum atomic E-state index is -0.451. The van der Waals surface area contributed by atoms with Crippen molar-refractivity contribution < 1.29 is 4.74 Å². The highest BCUT2D eigenvalue weighted by atomic mass is 35.5. The number of ether oxygens (including phenoxy) is 1. The Morgan fingerprint density at radius 2 is 1.29 bits per heavy atom. The van der Waals surface area contributed by atoms with E-state index in [2.05, 4.69) is 48.5 Å². The van der Waals surface area contributed by atoms with Crippen LogP contribution in [-0.2, 0) is 11.8 Å². The lowest BCUT2D eigenvalue weighted by Gasteiger charge is -2.40. The van der Waals surface area contributed by atoms with Crippen molar-refractivity contribution in [3.8, 4) is 5.75 Å². The van der Waals surface area contributed by atoms with Gasteiger partial charge in [-0.05, 0) is 46.5 Å². The SMILES string of the molecule is Clc1ccccc1C1(c2ccccc2Cl)COc2ccc3ccccc3c2C1. The quantitative estimate of drug-likeness (QED) is 0.347. The number of hydrogen-bond acceptors (Lipinski definition) is 1. The number of benzene rings is 4. The van der Waals surface area contributed by atoms with Crippen LogP contribution in [0.3, 0.4) is 0 Å². The van der Waals surface area contributed by atoms with Crippen molar-refractivity contribution >= 4 is 34.0 Å². The molecule has 0 fully saturated rings. The zero-order chi connectivity index (χ0) is 19.1. The van der Waals surface area contributed by atoms with Crippen molar-refractivity contribution in [1.82, 2.24) is 0 Å². The van der Waals surface area contributed by atoms with E-state index in [0.717, 1.165) is 33.3 Å². The Morgan fingerprint density at radius 3 is 1.96 bits per heavy atom. The summed E-state index contributed by atoms with van der Waals surface area (Å²) in [4.78, 5) is 0. The predicted molar refractivity (Wildman–Crippen MR) is 117 cm³/mol. The summed E-state index contributed by atoms with van der Waals surface area (Å²) in [5.74, 6) is 0.938. The molecule has 4 aromatic carbocycles. The van der Waals surface area contributed by atoms with Crippen LogP contribution < -0.4 is 4.74 Å². The van der Waals surface area contributed by atoms with E-state index in [0.29, 0.717) is 6.61 Å². The highest BCUT2D eigenvalue weighted by Crippen LogP contribution is 2.47. The van der Waals surface area contributed by atoms with Gasteiger partial charge in [0.15, 0.2) is 0 Å². The van der Waals surface area contributed by atoms with Crippen LogP contribution in [0, 0.1) is 0 Å². The van der Waals surface area contributed by atoms with Crippen LogP contribution in [0.4, 0.5) is 0 Å². The van der Waals surface area contributed by atoms with Crippen LogP contribution in [0.15, 0.2) is 84.9 Å². The molecule has 5 rings (SSSR count). The number of fused-ring (bicyclic) bond motifs is 3. The van der Waals surface area contributed by atoms with Crippen LogP contribution >= 0.6 is 23.2 Å². The molecule has 1 heterocycles. The fourth-order valence-electron chi connectivity index (χ4n) is 4.38. The third-order valence-corrected chi connectivity index (χ3v) is 6.39. The van der Waals surface area contributed by atoms with Crippen molar-refractivity contribution in [1.29, 1.82) is 0 Å². The second-order valence-electron chi connectivity index (χ2n) is 7.27. The van der Waals surface area contributed by atoms with Gasteiger partial charge in [-0.3, -0.25) is 0 Å². The number of halogens is 2. The monoisotopic (exact) mass is 404 g/mol. The molecular formula is C25H18Cl2O. The van der Waals surface area contributed by atoms with Gasteiger partial charge in [-0.2, -0.15) is 0 Å². The second kappa shape index (κ2) is 6.84. The summed E-state index contributed by atoms with van der Waals surface area (Å²) >= 11 is 13.4. The molecule has 4 aromatic rings. The highest BCUT2D eigenvalue weighted by Gasteiger charge is 2.42. The van der Waals surface area contributed by atoms with Crippen LogP contribution in [-0.4, -0.2) is 6.61 Å². The average Bonchev–Trinajstić information content (AvgIpc) is 2.74. The normalized spacial score (nSPS) is 15.1. The Morgan fingerprint density at radius 1 is 0.679 bits per heavy atom. The van der Waals surface area contributed by atoms with Gasteiger partial charge in [0.1, 0.15) is 12.4 Å². The summed E-state index contributed by atoms with van der Waals surface area (Å²) < 4.78 is 6.35. The maximum atomic E-state index is 6.70. The van der Waals surface area contributed by atoms with Gasteiger partial charge in [-0.15, -0.1) is 0 Å². The molecule has 0 atom stereocenters. The van der Waals surface area contributed by atoms with Gasteiger partial charge < -0.3 is 4.74 Å². The molecule has 28 heavy (non-hydrogen) atoms. The standard InChI is InChI=1S/C25H18Cl2O/c26-22-11-5-3-9-20(22)25(21-10-4-6-12-23(21)27)15-19-18-8-2-1-7-17(18)13-14-24(19)28-16-25/h1-14H,15-16H2. The number of rotatable bonds is 2. The van der Waals surface area contributed by atoms with Crippen LogP contribution in [0.2, 0.25) is 10.0 Å². The molecule has 1 aliphatic heterocycles. The molecule has 0 aliphatic carbocycles. The molecule has 0 radical (unpaired) electrons. The highest BCUT2D eigenvalue weighted by molar-refractivity contribution is 6.32. The van der Waals surface area contributed by atoms with Crippen molar-refractivity contribution in [2.45, 2.75) is 11.8 Å². The smallest absolute Gasteiger partial charge is 0.123 e. The van der Waals surface area contributed by atoms with E-state index in [4.69, 9.17) is 27.9 Å². The van der Waals surface area contributed by atoms with Crippen molar-refractivity contribution in [2.75, 3.05) is 6.61 Å². The predicted octanol–water partition coefficient (Wildman–Crippen LogP) is 7.07. The summed E-state index contributed by atoms with van der Waals surface area (Å²) in [7, 11) is 0. The van der Waals surface area contributed by atoms with Crippen LogP contribution in [0.5, 0.6) is 5.75 Å². The lowest BCUT2D eigenvalue weighted by molar-refractivity contribution is 0.216. The van der Waals surface area contributed by atoms with E-state index in [1.165, 1.54) is 16.3 Å². The molecule has 0 unspecified atom stereocenters. The molecule has 0 amide bonds. The van der Waals surface area contributed by atoms with Crippen molar-refractivity contribution in [3.63, 3.8) is 0 Å². The number of hydrogen-bond donors (Lipinski definition) is 0. The minimum absolute atomic E-state index is 0.451. The second-order valence-corrected chi connectivity index (χ2v) is 8.09. The van der Waals surface area contributed by atoms with Gasteiger partial charge in [0.25, 0.3) is 0 Å². The lowest BCUT2D eigenvalue weighted by Crippen LogP contribution is -2.40. The van der Waals surface area contributed by atoms with Crippen molar-refractivity contribution in [3.05, 3.63) is 112 Å². The molecule has 1 nitrogen and oxygen atoms in total. The topological polar surface area (TPSA) is 9.23 Å². The lowest BCUT2D eigenvalue weighted by atomic mass is 9.69. The average molecular weight is 405 g/mol.